The van der Waals surface area contributed by atoms with Gasteiger partial charge in [-0.25, -0.2) is 13.2 Å². The second-order valence-corrected chi connectivity index (χ2v) is 10.9. The third-order valence-electron chi connectivity index (χ3n) is 5.65. The molecule has 13 heteroatoms. The van der Waals surface area contributed by atoms with Crippen LogP contribution in [0.1, 0.15) is 27.6 Å². The molecule has 0 aliphatic rings. The number of carbonyl (C=O) groups is 3. The zero-order chi connectivity index (χ0) is 28.9. The number of sulfonamides is 1. The summed E-state index contributed by atoms with van der Waals surface area (Å²) in [6.07, 6.45) is 0. The number of carbonyl (C=O) groups excluding carboxylic acids is 3. The Hall–Kier alpha value is -4.49. The van der Waals surface area contributed by atoms with Gasteiger partial charge in [0.25, 0.3) is 15.9 Å². The maximum absolute atomic E-state index is 13.0. The molecule has 11 nitrogen and oxygen atoms in total. The fraction of sp³-hybridized carbons (Fsp3) is 0.185. The normalized spacial score (nSPS) is 11.7. The Morgan fingerprint density at radius 3 is 2.25 bits per heavy atom. The van der Waals surface area contributed by atoms with E-state index < -0.39 is 27.9 Å². The third kappa shape index (κ3) is 6.38. The molecular formula is C27H25N3O8S2. The lowest BCUT2D eigenvalue weighted by atomic mass is 10.2. The first-order valence-electron chi connectivity index (χ1n) is 11.9. The van der Waals surface area contributed by atoms with E-state index in [1.165, 1.54) is 67.3 Å². The molecular weight excluding hydrogens is 558 g/mol. The van der Waals surface area contributed by atoms with Crippen molar-refractivity contribution >= 4 is 55.1 Å². The fourth-order valence-corrected chi connectivity index (χ4v) is 5.82. The van der Waals surface area contributed by atoms with Crippen LogP contribution in [-0.4, -0.2) is 51.7 Å². The number of anilines is 1. The summed E-state index contributed by atoms with van der Waals surface area (Å²) in [5, 5.41) is 0. The maximum Gasteiger partial charge on any atom is 0.337 e. The van der Waals surface area contributed by atoms with Gasteiger partial charge in [0.1, 0.15) is 12.3 Å². The number of esters is 2. The minimum atomic E-state index is -3.86. The molecule has 0 aliphatic carbocycles. The van der Waals surface area contributed by atoms with Gasteiger partial charge in [-0.2, -0.15) is 4.99 Å². The van der Waals surface area contributed by atoms with E-state index >= 15 is 0 Å². The first kappa shape index (κ1) is 28.5. The summed E-state index contributed by atoms with van der Waals surface area (Å²) in [6, 6.07) is 16.5. The van der Waals surface area contributed by atoms with Crippen molar-refractivity contribution in [1.29, 1.82) is 0 Å². The molecule has 0 unspecified atom stereocenters. The lowest BCUT2D eigenvalue weighted by Crippen LogP contribution is -2.23. The van der Waals surface area contributed by atoms with Gasteiger partial charge in [0.2, 0.25) is 0 Å². The number of nitrogens with zero attached hydrogens (tertiary/aromatic N) is 2. The van der Waals surface area contributed by atoms with Gasteiger partial charge in [0.15, 0.2) is 4.80 Å². The Bertz CT molecular complexity index is 1740. The van der Waals surface area contributed by atoms with Gasteiger partial charge in [0.05, 0.1) is 41.5 Å². The zero-order valence-corrected chi connectivity index (χ0v) is 23.4. The van der Waals surface area contributed by atoms with Gasteiger partial charge in [-0.1, -0.05) is 11.3 Å². The van der Waals surface area contributed by atoms with Crippen molar-refractivity contribution < 1.29 is 37.0 Å². The molecule has 1 amide bonds. The van der Waals surface area contributed by atoms with Crippen LogP contribution in [0.4, 0.5) is 5.69 Å². The van der Waals surface area contributed by atoms with Crippen LogP contribution in [0.25, 0.3) is 10.2 Å². The van der Waals surface area contributed by atoms with E-state index in [4.69, 9.17) is 14.2 Å². The van der Waals surface area contributed by atoms with E-state index in [0.29, 0.717) is 21.5 Å². The molecule has 0 spiro atoms. The number of fused-ring (bicyclic) bond motifs is 1. The lowest BCUT2D eigenvalue weighted by molar-refractivity contribution is -0.143. The van der Waals surface area contributed by atoms with Crippen LogP contribution in [0.2, 0.25) is 0 Å². The van der Waals surface area contributed by atoms with Crippen LogP contribution in [-0.2, 0) is 30.8 Å². The first-order valence-corrected chi connectivity index (χ1v) is 14.2. The molecule has 4 rings (SSSR count). The van der Waals surface area contributed by atoms with Gasteiger partial charge < -0.3 is 18.8 Å². The Balaban J connectivity index is 1.63. The predicted octanol–water partition coefficient (Wildman–Crippen LogP) is 3.60. The summed E-state index contributed by atoms with van der Waals surface area (Å²) in [5.74, 6) is -1.12. The van der Waals surface area contributed by atoms with Crippen LogP contribution in [0, 0.1) is 0 Å². The highest BCUT2D eigenvalue weighted by Crippen LogP contribution is 2.22. The van der Waals surface area contributed by atoms with Crippen LogP contribution in [0.3, 0.4) is 0 Å². The molecule has 4 aromatic rings. The largest absolute Gasteiger partial charge is 0.497 e. The quantitative estimate of drug-likeness (QED) is 0.295. The SMILES string of the molecule is CCOC(=O)Cn1c(=NC(=O)c2ccc(NS(=O)(=O)c3ccc(OC)cc3)cc2)sc2cc(C(=O)OC)ccc21. The molecule has 0 saturated carbocycles. The van der Waals surface area contributed by atoms with Crippen LogP contribution in [0.5, 0.6) is 5.75 Å². The molecule has 1 N–H and O–H groups in total. The Morgan fingerprint density at radius 1 is 0.950 bits per heavy atom. The number of amides is 1. The number of nitrogens with one attached hydrogen (secondary N) is 1. The van der Waals surface area contributed by atoms with E-state index in [1.807, 2.05) is 0 Å². The van der Waals surface area contributed by atoms with E-state index in [-0.39, 0.29) is 34.1 Å². The molecule has 0 bridgehead atoms. The average molecular weight is 584 g/mol. The van der Waals surface area contributed by atoms with Crippen LogP contribution >= 0.6 is 11.3 Å². The van der Waals surface area contributed by atoms with E-state index in [9.17, 15) is 22.8 Å². The summed E-state index contributed by atoms with van der Waals surface area (Å²) in [4.78, 5) is 41.8. The van der Waals surface area contributed by atoms with Gasteiger partial charge in [-0.05, 0) is 73.7 Å². The molecule has 0 saturated heterocycles. The minimum absolute atomic E-state index is 0.0507. The number of hydrogen-bond donors (Lipinski definition) is 1. The summed E-state index contributed by atoms with van der Waals surface area (Å²) in [7, 11) is -1.10. The van der Waals surface area contributed by atoms with Gasteiger partial charge in [-0.15, -0.1) is 0 Å². The first-order chi connectivity index (χ1) is 19.1. The summed E-state index contributed by atoms with van der Waals surface area (Å²) in [5.41, 5.74) is 1.34. The number of methoxy groups -OCH3 is 2. The molecule has 0 aliphatic heterocycles. The number of aromatic nitrogens is 1. The number of hydrogen-bond acceptors (Lipinski definition) is 9. The van der Waals surface area contributed by atoms with Crippen molar-refractivity contribution in [3.05, 3.63) is 82.7 Å². The average Bonchev–Trinajstić information content (AvgIpc) is 3.28. The number of thiazole rings is 1. The maximum atomic E-state index is 13.0. The monoisotopic (exact) mass is 583 g/mol. The molecule has 0 atom stereocenters. The van der Waals surface area contributed by atoms with Crippen molar-refractivity contribution in [2.24, 2.45) is 4.99 Å². The number of ether oxygens (including phenoxy) is 3. The molecule has 1 heterocycles. The van der Waals surface area contributed by atoms with E-state index in [0.717, 1.165) is 11.3 Å². The molecule has 1 aromatic heterocycles. The highest BCUT2D eigenvalue weighted by molar-refractivity contribution is 7.92. The number of rotatable bonds is 9. The molecule has 0 radical (unpaired) electrons. The zero-order valence-electron chi connectivity index (χ0n) is 21.7. The van der Waals surface area contributed by atoms with Crippen LogP contribution < -0.4 is 14.3 Å². The number of benzene rings is 3. The van der Waals surface area contributed by atoms with Crippen molar-refractivity contribution in [2.75, 3.05) is 25.5 Å². The predicted molar refractivity (Wildman–Crippen MR) is 148 cm³/mol. The Labute approximate surface area is 233 Å². The fourth-order valence-electron chi connectivity index (χ4n) is 3.69. The van der Waals surface area contributed by atoms with E-state index in [2.05, 4.69) is 9.71 Å². The van der Waals surface area contributed by atoms with E-state index in [1.54, 1.807) is 25.1 Å². The summed E-state index contributed by atoms with van der Waals surface area (Å²) < 4.78 is 44.9. The summed E-state index contributed by atoms with van der Waals surface area (Å²) in [6.45, 7) is 1.68. The lowest BCUT2D eigenvalue weighted by Gasteiger charge is -2.09. The molecule has 40 heavy (non-hydrogen) atoms. The molecule has 3 aromatic carbocycles. The molecule has 208 valence electrons. The van der Waals surface area contributed by atoms with Gasteiger partial charge >= 0.3 is 11.9 Å². The standard InChI is InChI=1S/C27H25N3O8S2/c1-4-38-24(31)16-30-22-14-7-18(26(33)37-3)15-23(22)39-27(30)28-25(32)17-5-8-19(9-6-17)29-40(34,35)21-12-10-20(36-2)11-13-21/h5-15,29H,4,16H2,1-3H3. The molecule has 0 fully saturated rings. The minimum Gasteiger partial charge on any atom is -0.497 e. The third-order valence-corrected chi connectivity index (χ3v) is 8.09. The summed E-state index contributed by atoms with van der Waals surface area (Å²) >= 11 is 1.12. The van der Waals surface area contributed by atoms with Crippen molar-refractivity contribution in [1.82, 2.24) is 4.57 Å². The second-order valence-electron chi connectivity index (χ2n) is 8.23. The van der Waals surface area contributed by atoms with Gasteiger partial charge in [0, 0.05) is 11.3 Å². The van der Waals surface area contributed by atoms with Crippen molar-refractivity contribution in [3.63, 3.8) is 0 Å². The highest BCUT2D eigenvalue weighted by Gasteiger charge is 2.17. The van der Waals surface area contributed by atoms with Crippen molar-refractivity contribution in [3.8, 4) is 5.75 Å². The topological polar surface area (TPSA) is 142 Å². The second kappa shape index (κ2) is 12.1. The smallest absolute Gasteiger partial charge is 0.337 e. The highest BCUT2D eigenvalue weighted by atomic mass is 32.2. The van der Waals surface area contributed by atoms with Crippen LogP contribution in [0.15, 0.2) is 76.6 Å². The Kier molecular flexibility index (Phi) is 8.65. The van der Waals surface area contributed by atoms with Gasteiger partial charge in [-0.3, -0.25) is 14.3 Å². The Morgan fingerprint density at radius 2 is 1.62 bits per heavy atom. The van der Waals surface area contributed by atoms with Crippen molar-refractivity contribution in [2.45, 2.75) is 18.4 Å².